The molecule has 94 valence electrons. The molecule has 1 saturated carbocycles. The molecule has 1 atom stereocenters. The lowest BCUT2D eigenvalue weighted by molar-refractivity contribution is -0.119. The average molecular weight is 227 g/mol. The number of nitrogens with two attached hydrogens (primary N) is 2. The fourth-order valence-electron chi connectivity index (χ4n) is 2.49. The van der Waals surface area contributed by atoms with Crippen molar-refractivity contribution in [3.8, 4) is 0 Å². The second-order valence-corrected chi connectivity index (χ2v) is 4.72. The molecule has 1 unspecified atom stereocenters. The standard InChI is InChI=1S/C12H25N3O/c1-2-15(9-8-11(13)12(14)16)10-6-4-3-5-7-10/h10-11H,2-9,13H2,1H3,(H2,14,16). The summed E-state index contributed by atoms with van der Waals surface area (Å²) in [6.45, 7) is 4.10. The van der Waals surface area contributed by atoms with Crippen molar-refractivity contribution >= 4 is 5.91 Å². The van der Waals surface area contributed by atoms with E-state index in [0.717, 1.165) is 13.1 Å². The van der Waals surface area contributed by atoms with Gasteiger partial charge in [-0.1, -0.05) is 26.2 Å². The van der Waals surface area contributed by atoms with Crippen LogP contribution in [0.2, 0.25) is 0 Å². The SMILES string of the molecule is CCN(CCC(N)C(N)=O)C1CCCCC1. The van der Waals surface area contributed by atoms with Gasteiger partial charge in [0.25, 0.3) is 0 Å². The molecule has 4 heteroatoms. The number of rotatable bonds is 6. The van der Waals surface area contributed by atoms with Gasteiger partial charge >= 0.3 is 0 Å². The van der Waals surface area contributed by atoms with Crippen molar-refractivity contribution in [3.05, 3.63) is 0 Å². The van der Waals surface area contributed by atoms with E-state index in [2.05, 4.69) is 11.8 Å². The van der Waals surface area contributed by atoms with Gasteiger partial charge < -0.3 is 16.4 Å². The predicted octanol–water partition coefficient (Wildman–Crippen LogP) is 0.844. The molecule has 4 N–H and O–H groups in total. The Hall–Kier alpha value is -0.610. The van der Waals surface area contributed by atoms with Crippen LogP contribution >= 0.6 is 0 Å². The quantitative estimate of drug-likeness (QED) is 0.706. The molecule has 16 heavy (non-hydrogen) atoms. The Morgan fingerprint density at radius 3 is 2.50 bits per heavy atom. The van der Waals surface area contributed by atoms with E-state index in [4.69, 9.17) is 11.5 Å². The first kappa shape index (κ1) is 13.5. The Kier molecular flexibility index (Phi) is 5.77. The minimum atomic E-state index is -0.488. The van der Waals surface area contributed by atoms with Gasteiger partial charge in [-0.2, -0.15) is 0 Å². The molecule has 0 aliphatic heterocycles. The van der Waals surface area contributed by atoms with Gasteiger partial charge in [0.05, 0.1) is 6.04 Å². The van der Waals surface area contributed by atoms with Crippen molar-refractivity contribution in [2.45, 2.75) is 57.5 Å². The molecule has 0 spiro atoms. The lowest BCUT2D eigenvalue weighted by Crippen LogP contribution is -2.43. The molecule has 1 aliphatic carbocycles. The Bertz CT molecular complexity index is 214. The summed E-state index contributed by atoms with van der Waals surface area (Å²) in [4.78, 5) is 13.3. The molecule has 0 radical (unpaired) electrons. The van der Waals surface area contributed by atoms with Crippen molar-refractivity contribution in [1.29, 1.82) is 0 Å². The van der Waals surface area contributed by atoms with Crippen LogP contribution in [0.4, 0.5) is 0 Å². The first-order chi connectivity index (χ1) is 7.65. The van der Waals surface area contributed by atoms with Crippen LogP contribution in [0.3, 0.4) is 0 Å². The summed E-state index contributed by atoms with van der Waals surface area (Å²) >= 11 is 0. The van der Waals surface area contributed by atoms with Crippen molar-refractivity contribution in [3.63, 3.8) is 0 Å². The van der Waals surface area contributed by atoms with Gasteiger partial charge in [-0.05, 0) is 25.8 Å². The number of carbonyl (C=O) groups excluding carboxylic acids is 1. The van der Waals surface area contributed by atoms with Crippen molar-refractivity contribution in [2.75, 3.05) is 13.1 Å². The molecule has 1 rings (SSSR count). The van der Waals surface area contributed by atoms with Gasteiger partial charge in [0.2, 0.25) is 5.91 Å². The normalized spacial score (nSPS) is 19.9. The number of hydrogen-bond donors (Lipinski definition) is 2. The van der Waals surface area contributed by atoms with E-state index in [1.54, 1.807) is 0 Å². The molecule has 0 bridgehead atoms. The van der Waals surface area contributed by atoms with Crippen molar-refractivity contribution < 1.29 is 4.79 Å². The van der Waals surface area contributed by atoms with Crippen LogP contribution in [0, 0.1) is 0 Å². The zero-order valence-electron chi connectivity index (χ0n) is 10.3. The highest BCUT2D eigenvalue weighted by Gasteiger charge is 2.20. The van der Waals surface area contributed by atoms with Gasteiger partial charge in [-0.15, -0.1) is 0 Å². The smallest absolute Gasteiger partial charge is 0.234 e. The number of nitrogens with zero attached hydrogens (tertiary/aromatic N) is 1. The number of hydrogen-bond acceptors (Lipinski definition) is 3. The molecule has 0 aromatic carbocycles. The molecular weight excluding hydrogens is 202 g/mol. The second-order valence-electron chi connectivity index (χ2n) is 4.72. The molecule has 1 amide bonds. The summed E-state index contributed by atoms with van der Waals surface area (Å²) in [7, 11) is 0. The van der Waals surface area contributed by atoms with E-state index >= 15 is 0 Å². The number of primary amides is 1. The molecule has 4 nitrogen and oxygen atoms in total. The van der Waals surface area contributed by atoms with Gasteiger partial charge in [-0.25, -0.2) is 0 Å². The van der Waals surface area contributed by atoms with E-state index < -0.39 is 6.04 Å². The lowest BCUT2D eigenvalue weighted by atomic mass is 9.94. The Labute approximate surface area is 98.3 Å². The highest BCUT2D eigenvalue weighted by atomic mass is 16.1. The molecule has 0 aromatic rings. The van der Waals surface area contributed by atoms with Gasteiger partial charge in [0.1, 0.15) is 0 Å². The monoisotopic (exact) mass is 227 g/mol. The average Bonchev–Trinajstić information content (AvgIpc) is 2.30. The third-order valence-corrected chi connectivity index (χ3v) is 3.59. The van der Waals surface area contributed by atoms with E-state index in [-0.39, 0.29) is 5.91 Å². The van der Waals surface area contributed by atoms with E-state index in [0.29, 0.717) is 12.5 Å². The van der Waals surface area contributed by atoms with Crippen LogP contribution in [-0.2, 0) is 4.79 Å². The van der Waals surface area contributed by atoms with Crippen LogP contribution in [0.25, 0.3) is 0 Å². The highest BCUT2D eigenvalue weighted by Crippen LogP contribution is 2.22. The molecular formula is C12H25N3O. The summed E-state index contributed by atoms with van der Waals surface area (Å²) in [6, 6.07) is 0.205. The maximum atomic E-state index is 10.9. The summed E-state index contributed by atoms with van der Waals surface area (Å²) < 4.78 is 0. The number of amides is 1. The van der Waals surface area contributed by atoms with E-state index in [9.17, 15) is 4.79 Å². The predicted molar refractivity (Wildman–Crippen MR) is 65.9 cm³/mol. The fraction of sp³-hybridized carbons (Fsp3) is 0.917. The molecule has 1 fully saturated rings. The number of carbonyl (C=O) groups is 1. The fourth-order valence-corrected chi connectivity index (χ4v) is 2.49. The van der Waals surface area contributed by atoms with Crippen LogP contribution in [0.5, 0.6) is 0 Å². The highest BCUT2D eigenvalue weighted by molar-refractivity contribution is 5.79. The van der Waals surface area contributed by atoms with Crippen molar-refractivity contribution in [2.24, 2.45) is 11.5 Å². The minimum Gasteiger partial charge on any atom is -0.368 e. The largest absolute Gasteiger partial charge is 0.368 e. The Balaban J connectivity index is 2.33. The molecule has 1 aliphatic rings. The topological polar surface area (TPSA) is 72.3 Å². The molecule has 0 aromatic heterocycles. The lowest BCUT2D eigenvalue weighted by Gasteiger charge is -2.33. The zero-order chi connectivity index (χ0) is 12.0. The zero-order valence-corrected chi connectivity index (χ0v) is 10.3. The van der Waals surface area contributed by atoms with Crippen LogP contribution in [-0.4, -0.2) is 36.0 Å². The van der Waals surface area contributed by atoms with Crippen LogP contribution < -0.4 is 11.5 Å². The summed E-state index contributed by atoms with van der Waals surface area (Å²) in [5, 5.41) is 0. The first-order valence-corrected chi connectivity index (χ1v) is 6.44. The maximum absolute atomic E-state index is 10.9. The van der Waals surface area contributed by atoms with Gasteiger partial charge in [0.15, 0.2) is 0 Å². The minimum absolute atomic E-state index is 0.389. The third-order valence-electron chi connectivity index (χ3n) is 3.59. The van der Waals surface area contributed by atoms with Crippen molar-refractivity contribution in [1.82, 2.24) is 4.90 Å². The summed E-state index contributed by atoms with van der Waals surface area (Å²) in [5.74, 6) is -0.389. The van der Waals surface area contributed by atoms with Gasteiger partial charge in [0, 0.05) is 12.6 Å². The Morgan fingerprint density at radius 2 is 2.00 bits per heavy atom. The van der Waals surface area contributed by atoms with Crippen LogP contribution in [0.1, 0.15) is 45.4 Å². The first-order valence-electron chi connectivity index (χ1n) is 6.44. The van der Waals surface area contributed by atoms with Gasteiger partial charge in [-0.3, -0.25) is 4.79 Å². The molecule has 0 saturated heterocycles. The third kappa shape index (κ3) is 4.10. The second kappa shape index (κ2) is 6.86. The Morgan fingerprint density at radius 1 is 1.38 bits per heavy atom. The maximum Gasteiger partial charge on any atom is 0.234 e. The van der Waals surface area contributed by atoms with E-state index in [1.807, 2.05) is 0 Å². The van der Waals surface area contributed by atoms with Crippen LogP contribution in [0.15, 0.2) is 0 Å². The summed E-state index contributed by atoms with van der Waals surface area (Å²) in [5.41, 5.74) is 10.8. The molecule has 0 heterocycles. The summed E-state index contributed by atoms with van der Waals surface area (Å²) in [6.07, 6.45) is 7.31. The van der Waals surface area contributed by atoms with E-state index in [1.165, 1.54) is 32.1 Å².